The molecule has 4 nitrogen and oxygen atoms in total. The first kappa shape index (κ1) is 14.2. The topological polar surface area (TPSA) is 66.4 Å². The predicted octanol–water partition coefficient (Wildman–Crippen LogP) is 2.57. The van der Waals surface area contributed by atoms with Crippen LogP contribution in [0.5, 0.6) is 0 Å². The lowest BCUT2D eigenvalue weighted by Crippen LogP contribution is -2.29. The monoisotopic (exact) mass is 253 g/mol. The molecule has 0 aliphatic rings. The number of carbonyl (C=O) groups is 2. The number of halogens is 1. The van der Waals surface area contributed by atoms with Crippen molar-refractivity contribution in [2.45, 2.75) is 27.2 Å². The second-order valence-corrected chi connectivity index (χ2v) is 4.87. The van der Waals surface area contributed by atoms with Crippen LogP contribution in [0.1, 0.15) is 25.8 Å². The normalized spacial score (nSPS) is 11.1. The smallest absolute Gasteiger partial charge is 0.309 e. The van der Waals surface area contributed by atoms with E-state index in [1.54, 1.807) is 6.92 Å². The molecule has 98 valence electrons. The van der Waals surface area contributed by atoms with E-state index in [2.05, 4.69) is 5.32 Å². The van der Waals surface area contributed by atoms with Crippen LogP contribution in [-0.4, -0.2) is 17.0 Å². The highest BCUT2D eigenvalue weighted by atomic mass is 19.1. The molecule has 0 saturated heterocycles. The van der Waals surface area contributed by atoms with E-state index in [-0.39, 0.29) is 12.2 Å². The molecule has 0 spiro atoms. The summed E-state index contributed by atoms with van der Waals surface area (Å²) >= 11 is 0. The third-order valence-electron chi connectivity index (χ3n) is 2.64. The van der Waals surface area contributed by atoms with Crippen LogP contribution in [0.4, 0.5) is 10.1 Å². The van der Waals surface area contributed by atoms with Gasteiger partial charge in [0.05, 0.1) is 5.41 Å². The molecule has 0 aliphatic heterocycles. The summed E-state index contributed by atoms with van der Waals surface area (Å²) in [5.74, 6) is -1.82. The van der Waals surface area contributed by atoms with E-state index in [9.17, 15) is 14.0 Å². The van der Waals surface area contributed by atoms with Crippen LogP contribution in [0.25, 0.3) is 0 Å². The maximum atomic E-state index is 12.9. The Balaban J connectivity index is 2.74. The zero-order valence-corrected chi connectivity index (χ0v) is 10.6. The van der Waals surface area contributed by atoms with Crippen LogP contribution < -0.4 is 5.32 Å². The number of amides is 1. The van der Waals surface area contributed by atoms with E-state index in [1.807, 2.05) is 0 Å². The zero-order chi connectivity index (χ0) is 13.9. The summed E-state index contributed by atoms with van der Waals surface area (Å²) in [6.45, 7) is 4.62. The van der Waals surface area contributed by atoms with Crippen molar-refractivity contribution in [1.82, 2.24) is 0 Å². The summed E-state index contributed by atoms with van der Waals surface area (Å²) in [4.78, 5) is 22.6. The summed E-state index contributed by atoms with van der Waals surface area (Å²) in [6, 6.07) is 4.00. The number of aliphatic carboxylic acids is 1. The molecular formula is C13H16FNO3. The van der Waals surface area contributed by atoms with Crippen molar-refractivity contribution in [3.63, 3.8) is 0 Å². The number of nitrogens with one attached hydrogen (secondary N) is 1. The number of carboxylic acid groups (broad SMARTS) is 1. The minimum atomic E-state index is -1.13. The van der Waals surface area contributed by atoms with Crippen LogP contribution in [0.3, 0.4) is 0 Å². The Bertz CT molecular complexity index is 483. The molecule has 1 rings (SSSR count). The molecule has 0 atom stereocenters. The Morgan fingerprint density at radius 1 is 1.39 bits per heavy atom. The van der Waals surface area contributed by atoms with Crippen molar-refractivity contribution in [1.29, 1.82) is 0 Å². The van der Waals surface area contributed by atoms with E-state index in [1.165, 1.54) is 32.0 Å². The molecule has 1 amide bonds. The molecular weight excluding hydrogens is 237 g/mol. The molecule has 0 fully saturated rings. The fraction of sp³-hybridized carbons (Fsp3) is 0.385. The fourth-order valence-corrected chi connectivity index (χ4v) is 1.44. The first-order valence-electron chi connectivity index (χ1n) is 5.52. The van der Waals surface area contributed by atoms with Gasteiger partial charge in [0.15, 0.2) is 0 Å². The van der Waals surface area contributed by atoms with E-state index >= 15 is 0 Å². The van der Waals surface area contributed by atoms with Gasteiger partial charge in [-0.3, -0.25) is 9.59 Å². The third-order valence-corrected chi connectivity index (χ3v) is 2.64. The van der Waals surface area contributed by atoms with Crippen LogP contribution in [0.15, 0.2) is 18.2 Å². The fourth-order valence-electron chi connectivity index (χ4n) is 1.44. The van der Waals surface area contributed by atoms with Gasteiger partial charge in [-0.2, -0.15) is 0 Å². The van der Waals surface area contributed by atoms with Gasteiger partial charge in [0, 0.05) is 12.1 Å². The Morgan fingerprint density at radius 2 is 2.00 bits per heavy atom. The standard InChI is InChI=1S/C13H16FNO3/c1-8-6-9(14)4-5-10(8)15-11(16)7-13(2,3)12(17)18/h4-6H,7H2,1-3H3,(H,15,16)(H,17,18). The third kappa shape index (κ3) is 3.55. The predicted molar refractivity (Wildman–Crippen MR) is 65.8 cm³/mol. The summed E-state index contributed by atoms with van der Waals surface area (Å²) in [6.07, 6.45) is -0.140. The number of carboxylic acids is 1. The molecule has 0 bridgehead atoms. The Morgan fingerprint density at radius 3 is 2.50 bits per heavy atom. The second-order valence-electron chi connectivity index (χ2n) is 4.87. The summed E-state index contributed by atoms with van der Waals surface area (Å²) in [7, 11) is 0. The van der Waals surface area contributed by atoms with E-state index in [0.717, 1.165) is 0 Å². The van der Waals surface area contributed by atoms with Gasteiger partial charge in [-0.1, -0.05) is 0 Å². The molecule has 2 N–H and O–H groups in total. The van der Waals surface area contributed by atoms with Crippen LogP contribution in [-0.2, 0) is 9.59 Å². The first-order chi connectivity index (χ1) is 8.22. The zero-order valence-electron chi connectivity index (χ0n) is 10.6. The molecule has 0 radical (unpaired) electrons. The van der Waals surface area contributed by atoms with E-state index < -0.39 is 17.3 Å². The van der Waals surface area contributed by atoms with Crippen molar-refractivity contribution in [2.75, 3.05) is 5.32 Å². The molecule has 1 aromatic carbocycles. The van der Waals surface area contributed by atoms with Gasteiger partial charge in [-0.25, -0.2) is 4.39 Å². The van der Waals surface area contributed by atoms with Crippen molar-refractivity contribution in [2.24, 2.45) is 5.41 Å². The van der Waals surface area contributed by atoms with Crippen LogP contribution >= 0.6 is 0 Å². The first-order valence-corrected chi connectivity index (χ1v) is 5.52. The van der Waals surface area contributed by atoms with Gasteiger partial charge in [0.2, 0.25) is 5.91 Å². The lowest BCUT2D eigenvalue weighted by Gasteiger charge is -2.18. The summed E-state index contributed by atoms with van der Waals surface area (Å²) < 4.78 is 12.9. The number of anilines is 1. The SMILES string of the molecule is Cc1cc(F)ccc1NC(=O)CC(C)(C)C(=O)O. The highest BCUT2D eigenvalue weighted by molar-refractivity contribution is 5.94. The van der Waals surface area contributed by atoms with Gasteiger partial charge < -0.3 is 10.4 Å². The second kappa shape index (κ2) is 5.16. The highest BCUT2D eigenvalue weighted by Gasteiger charge is 2.30. The Hall–Kier alpha value is -1.91. The number of aryl methyl sites for hydroxylation is 1. The maximum absolute atomic E-state index is 12.9. The maximum Gasteiger partial charge on any atom is 0.309 e. The molecule has 0 aliphatic carbocycles. The number of carbonyl (C=O) groups excluding carboxylic acids is 1. The van der Waals surface area contributed by atoms with Crippen molar-refractivity contribution >= 4 is 17.6 Å². The lowest BCUT2D eigenvalue weighted by atomic mass is 9.89. The van der Waals surface area contributed by atoms with Gasteiger partial charge >= 0.3 is 5.97 Å². The van der Waals surface area contributed by atoms with Gasteiger partial charge in [0.25, 0.3) is 0 Å². The average molecular weight is 253 g/mol. The van der Waals surface area contributed by atoms with Gasteiger partial charge in [-0.15, -0.1) is 0 Å². The number of hydrogen-bond acceptors (Lipinski definition) is 2. The summed E-state index contributed by atoms with van der Waals surface area (Å²) in [5.41, 5.74) is -0.0445. The number of hydrogen-bond donors (Lipinski definition) is 2. The molecule has 0 unspecified atom stereocenters. The molecule has 0 heterocycles. The van der Waals surface area contributed by atoms with Crippen molar-refractivity contribution in [3.05, 3.63) is 29.6 Å². The highest BCUT2D eigenvalue weighted by Crippen LogP contribution is 2.22. The lowest BCUT2D eigenvalue weighted by molar-refractivity contribution is -0.148. The Labute approximate surface area is 105 Å². The van der Waals surface area contributed by atoms with Gasteiger partial charge in [-0.05, 0) is 44.5 Å². The molecule has 0 saturated carbocycles. The molecule has 18 heavy (non-hydrogen) atoms. The quantitative estimate of drug-likeness (QED) is 0.866. The molecule has 1 aromatic rings. The minimum Gasteiger partial charge on any atom is -0.481 e. The van der Waals surface area contributed by atoms with E-state index in [0.29, 0.717) is 11.3 Å². The Kier molecular flexibility index (Phi) is 4.06. The van der Waals surface area contributed by atoms with Gasteiger partial charge in [0.1, 0.15) is 5.82 Å². The molecule has 0 aromatic heterocycles. The number of rotatable bonds is 4. The number of benzene rings is 1. The van der Waals surface area contributed by atoms with Crippen LogP contribution in [0.2, 0.25) is 0 Å². The van der Waals surface area contributed by atoms with Crippen molar-refractivity contribution in [3.8, 4) is 0 Å². The van der Waals surface area contributed by atoms with E-state index in [4.69, 9.17) is 5.11 Å². The minimum absolute atomic E-state index is 0.140. The summed E-state index contributed by atoms with van der Waals surface area (Å²) in [5, 5.41) is 11.5. The van der Waals surface area contributed by atoms with Crippen molar-refractivity contribution < 1.29 is 19.1 Å². The average Bonchev–Trinajstić information content (AvgIpc) is 2.21. The largest absolute Gasteiger partial charge is 0.481 e. The molecule has 5 heteroatoms. The van der Waals surface area contributed by atoms with Crippen LogP contribution in [0, 0.1) is 18.2 Å².